The molecule has 0 saturated carbocycles. The van der Waals surface area contributed by atoms with E-state index in [1.807, 2.05) is 44.2 Å². The number of carbonyl (C=O) groups excluding carboxylic acids is 1. The van der Waals surface area contributed by atoms with Gasteiger partial charge < -0.3 is 4.98 Å². The van der Waals surface area contributed by atoms with Crippen LogP contribution < -0.4 is 0 Å². The van der Waals surface area contributed by atoms with Crippen LogP contribution in [0.15, 0.2) is 39.7 Å². The number of Topliss-reactive ketones (excluding diaryl/α,β-unsaturated/α-hetero) is 1. The van der Waals surface area contributed by atoms with E-state index in [1.54, 1.807) is 11.8 Å². The summed E-state index contributed by atoms with van der Waals surface area (Å²) in [5, 5.41) is 0. The van der Waals surface area contributed by atoms with Gasteiger partial charge in [0.05, 0.1) is 5.75 Å². The molecule has 2 rings (SSSR count). The molecule has 0 saturated heterocycles. The van der Waals surface area contributed by atoms with Gasteiger partial charge in [0.1, 0.15) is 0 Å². The van der Waals surface area contributed by atoms with Gasteiger partial charge in [-0.2, -0.15) is 0 Å². The molecule has 0 fully saturated rings. The summed E-state index contributed by atoms with van der Waals surface area (Å²) in [6.07, 6.45) is 0. The Hall–Kier alpha value is -1.00. The maximum Gasteiger partial charge on any atom is 0.174 e. The van der Waals surface area contributed by atoms with Crippen molar-refractivity contribution in [3.8, 4) is 0 Å². The lowest BCUT2D eigenvalue weighted by Crippen LogP contribution is -2.02. The molecular weight excluding hydrogens is 310 g/mol. The molecule has 1 heterocycles. The van der Waals surface area contributed by atoms with Crippen molar-refractivity contribution in [2.24, 2.45) is 0 Å². The zero-order valence-electron chi connectivity index (χ0n) is 10.3. The normalized spacial score (nSPS) is 10.6. The van der Waals surface area contributed by atoms with E-state index in [4.69, 9.17) is 0 Å². The second kappa shape index (κ2) is 5.76. The highest BCUT2D eigenvalue weighted by molar-refractivity contribution is 9.10. The van der Waals surface area contributed by atoms with Gasteiger partial charge in [-0.25, -0.2) is 0 Å². The molecule has 2 aromatic rings. The predicted molar refractivity (Wildman–Crippen MR) is 79.5 cm³/mol. The van der Waals surface area contributed by atoms with Gasteiger partial charge in [-0.1, -0.05) is 22.0 Å². The van der Waals surface area contributed by atoms with E-state index >= 15 is 0 Å². The van der Waals surface area contributed by atoms with Crippen molar-refractivity contribution in [2.75, 3.05) is 5.75 Å². The Kier molecular flexibility index (Phi) is 4.30. The minimum absolute atomic E-state index is 0.168. The van der Waals surface area contributed by atoms with E-state index in [9.17, 15) is 4.79 Å². The summed E-state index contributed by atoms with van der Waals surface area (Å²) >= 11 is 4.99. The van der Waals surface area contributed by atoms with Gasteiger partial charge in [-0.15, -0.1) is 11.8 Å². The van der Waals surface area contributed by atoms with Crippen LogP contribution in [-0.4, -0.2) is 16.5 Å². The van der Waals surface area contributed by atoms with Crippen molar-refractivity contribution in [1.29, 1.82) is 0 Å². The predicted octanol–water partition coefficient (Wildman–Crippen LogP) is 4.37. The second-order valence-corrected chi connectivity index (χ2v) is 6.12. The van der Waals surface area contributed by atoms with Gasteiger partial charge >= 0.3 is 0 Å². The van der Waals surface area contributed by atoms with E-state index in [1.165, 1.54) is 0 Å². The molecule has 0 aliphatic carbocycles. The lowest BCUT2D eigenvalue weighted by molar-refractivity contribution is 0.102. The third-order valence-electron chi connectivity index (χ3n) is 2.62. The molecule has 0 radical (unpaired) electrons. The second-order valence-electron chi connectivity index (χ2n) is 4.16. The Morgan fingerprint density at radius 3 is 2.72 bits per heavy atom. The number of ketones is 1. The summed E-state index contributed by atoms with van der Waals surface area (Å²) in [5.41, 5.74) is 2.78. The van der Waals surface area contributed by atoms with Crippen LogP contribution in [0.1, 0.15) is 21.7 Å². The molecule has 0 aliphatic rings. The third kappa shape index (κ3) is 3.27. The number of rotatable bonds is 4. The molecule has 0 unspecified atom stereocenters. The highest BCUT2D eigenvalue weighted by Crippen LogP contribution is 2.23. The lowest BCUT2D eigenvalue weighted by atomic mass is 10.2. The summed E-state index contributed by atoms with van der Waals surface area (Å²) in [4.78, 5) is 16.3. The van der Waals surface area contributed by atoms with Crippen molar-refractivity contribution in [3.63, 3.8) is 0 Å². The molecule has 0 spiro atoms. The number of aryl methyl sites for hydroxylation is 2. The number of carbonyl (C=O) groups is 1. The lowest BCUT2D eigenvalue weighted by Gasteiger charge is -2.01. The summed E-state index contributed by atoms with van der Waals surface area (Å²) in [6.45, 7) is 3.90. The molecule has 2 nitrogen and oxygen atoms in total. The van der Waals surface area contributed by atoms with Crippen LogP contribution in [0.3, 0.4) is 0 Å². The minimum atomic E-state index is 0.168. The van der Waals surface area contributed by atoms with Crippen LogP contribution >= 0.6 is 27.7 Å². The molecule has 0 amide bonds. The number of hydrogen-bond donors (Lipinski definition) is 1. The molecule has 18 heavy (non-hydrogen) atoms. The molecule has 0 atom stereocenters. The topological polar surface area (TPSA) is 32.9 Å². The van der Waals surface area contributed by atoms with Crippen molar-refractivity contribution in [1.82, 2.24) is 4.98 Å². The van der Waals surface area contributed by atoms with Crippen LogP contribution in [0.2, 0.25) is 0 Å². The van der Waals surface area contributed by atoms with Crippen molar-refractivity contribution < 1.29 is 4.79 Å². The van der Waals surface area contributed by atoms with E-state index < -0.39 is 0 Å². The van der Waals surface area contributed by atoms with Crippen LogP contribution in [-0.2, 0) is 0 Å². The van der Waals surface area contributed by atoms with E-state index in [2.05, 4.69) is 20.9 Å². The van der Waals surface area contributed by atoms with Crippen LogP contribution in [0, 0.1) is 13.8 Å². The molecule has 94 valence electrons. The van der Waals surface area contributed by atoms with E-state index in [0.29, 0.717) is 5.75 Å². The van der Waals surface area contributed by atoms with Crippen molar-refractivity contribution in [2.45, 2.75) is 18.7 Å². The monoisotopic (exact) mass is 323 g/mol. The van der Waals surface area contributed by atoms with Crippen LogP contribution in [0.5, 0.6) is 0 Å². The number of thioether (sulfide) groups is 1. The molecule has 0 bridgehead atoms. The highest BCUT2D eigenvalue weighted by Gasteiger charge is 2.11. The Labute approximate surface area is 119 Å². The molecule has 0 aliphatic heterocycles. The first-order chi connectivity index (χ1) is 8.56. The molecule has 1 aromatic heterocycles. The highest BCUT2D eigenvalue weighted by atomic mass is 79.9. The number of benzene rings is 1. The number of halogens is 1. The third-order valence-corrected chi connectivity index (χ3v) is 4.10. The molecule has 1 aromatic carbocycles. The Morgan fingerprint density at radius 2 is 2.11 bits per heavy atom. The first-order valence-corrected chi connectivity index (χ1v) is 7.42. The number of nitrogens with one attached hydrogen (secondary N) is 1. The Morgan fingerprint density at radius 1 is 1.33 bits per heavy atom. The summed E-state index contributed by atoms with van der Waals surface area (Å²) < 4.78 is 1.04. The van der Waals surface area contributed by atoms with Crippen LogP contribution in [0.25, 0.3) is 0 Å². The SMILES string of the molecule is Cc1cc(C(=O)CSc2cccc(Br)c2)c(C)[nH]1. The number of hydrogen-bond acceptors (Lipinski definition) is 2. The van der Waals surface area contributed by atoms with Gasteiger partial charge in [-0.3, -0.25) is 4.79 Å². The largest absolute Gasteiger partial charge is 0.362 e. The molecule has 1 N–H and O–H groups in total. The average molecular weight is 324 g/mol. The number of H-pyrrole nitrogens is 1. The molecule has 4 heteroatoms. The number of aromatic nitrogens is 1. The zero-order chi connectivity index (χ0) is 13.1. The smallest absolute Gasteiger partial charge is 0.174 e. The fourth-order valence-electron chi connectivity index (χ4n) is 1.80. The van der Waals surface area contributed by atoms with Gasteiger partial charge in [0, 0.05) is 26.3 Å². The fourth-order valence-corrected chi connectivity index (χ4v) is 3.19. The average Bonchev–Trinajstić information content (AvgIpc) is 2.66. The van der Waals surface area contributed by atoms with Crippen molar-refractivity contribution in [3.05, 3.63) is 51.8 Å². The first kappa shape index (κ1) is 13.4. The number of aromatic amines is 1. The maximum atomic E-state index is 12.1. The molecular formula is C14H14BrNOS. The summed E-state index contributed by atoms with van der Waals surface area (Å²) in [7, 11) is 0. The minimum Gasteiger partial charge on any atom is -0.362 e. The van der Waals surface area contributed by atoms with Gasteiger partial charge in [0.15, 0.2) is 5.78 Å². The summed E-state index contributed by atoms with van der Waals surface area (Å²) in [6, 6.07) is 9.90. The van der Waals surface area contributed by atoms with Crippen LogP contribution in [0.4, 0.5) is 0 Å². The van der Waals surface area contributed by atoms with Gasteiger partial charge in [0.2, 0.25) is 0 Å². The first-order valence-electron chi connectivity index (χ1n) is 5.64. The van der Waals surface area contributed by atoms with Gasteiger partial charge in [0.25, 0.3) is 0 Å². The van der Waals surface area contributed by atoms with E-state index in [-0.39, 0.29) is 5.78 Å². The summed E-state index contributed by atoms with van der Waals surface area (Å²) in [5.74, 6) is 0.635. The zero-order valence-corrected chi connectivity index (χ0v) is 12.7. The fraction of sp³-hybridized carbons (Fsp3) is 0.214. The maximum absolute atomic E-state index is 12.1. The standard InChI is InChI=1S/C14H14BrNOS/c1-9-6-13(10(2)16-9)14(17)8-18-12-5-3-4-11(15)7-12/h3-7,16H,8H2,1-2H3. The van der Waals surface area contributed by atoms with Gasteiger partial charge in [-0.05, 0) is 38.1 Å². The Bertz CT molecular complexity index is 577. The van der Waals surface area contributed by atoms with E-state index in [0.717, 1.165) is 26.3 Å². The Balaban J connectivity index is 2.03. The van der Waals surface area contributed by atoms with Crippen molar-refractivity contribution >= 4 is 33.5 Å². The quantitative estimate of drug-likeness (QED) is 0.669.